The molecular formula is C62H67BClFN12O5. The van der Waals surface area contributed by atoms with E-state index in [1.165, 1.54) is 0 Å². The predicted molar refractivity (Wildman–Crippen MR) is 323 cm³/mol. The van der Waals surface area contributed by atoms with Gasteiger partial charge in [0.1, 0.15) is 5.15 Å². The normalized spacial score (nSPS) is 9.89. The molecule has 0 fully saturated rings. The minimum Gasteiger partial charge on any atom is -0.478 e. The first-order valence-electron chi connectivity index (χ1n) is 25.3. The Morgan fingerprint density at radius 3 is 1.32 bits per heavy atom. The third-order valence-electron chi connectivity index (χ3n) is 11.2. The summed E-state index contributed by atoms with van der Waals surface area (Å²) in [5.41, 5.74) is 25.4. The zero-order valence-corrected chi connectivity index (χ0v) is 44.9. The number of carbonyl (C=O) groups is 2. The molecule has 17 nitrogen and oxygen atoms in total. The number of rotatable bonds is 12. The second-order valence-corrected chi connectivity index (χ2v) is 17.4. The lowest BCUT2D eigenvalue weighted by molar-refractivity contribution is 0.0696. The van der Waals surface area contributed by atoms with E-state index in [-0.39, 0.29) is 26.2 Å². The average molecular weight is 1130 g/mol. The molecule has 82 heavy (non-hydrogen) atoms. The van der Waals surface area contributed by atoms with Crippen molar-refractivity contribution in [2.45, 2.75) is 61.6 Å². The van der Waals surface area contributed by atoms with Crippen molar-refractivity contribution >= 4 is 35.9 Å². The molecule has 0 radical (unpaired) electrons. The highest BCUT2D eigenvalue weighted by Crippen LogP contribution is 2.21. The van der Waals surface area contributed by atoms with E-state index in [0.717, 1.165) is 78.8 Å². The van der Waals surface area contributed by atoms with Gasteiger partial charge in [-0.1, -0.05) is 81.1 Å². The Kier molecular flexibility index (Phi) is 28.7. The number of benzene rings is 2. The lowest BCUT2D eigenvalue weighted by atomic mass is 9.81. The number of hydrogen-bond acceptors (Lipinski definition) is 16. The molecule has 0 saturated heterocycles. The molecule has 7 N–H and O–H groups in total. The Morgan fingerprint density at radius 2 is 0.951 bits per heavy atom. The molecule has 0 amide bonds. The van der Waals surface area contributed by atoms with Crippen molar-refractivity contribution in [2.75, 3.05) is 7.15 Å². The van der Waals surface area contributed by atoms with E-state index in [0.29, 0.717) is 42.1 Å². The van der Waals surface area contributed by atoms with Crippen molar-refractivity contribution in [3.8, 4) is 45.0 Å². The first-order chi connectivity index (χ1) is 39.2. The van der Waals surface area contributed by atoms with Crippen LogP contribution >= 0.6 is 11.6 Å². The standard InChI is InChI=1S/C24H20N4O.C12H13N3.C11H8N2O2.C6H8BNO2.C6H7ClN2.CH3F.2CH4/c1-17-14-21(10-11-26-17)22-8-2-18(15-28-22)3-9-24(29)20-6-4-19(5-7-20)23-16-25-12-13-27-23;1-9-6-11(4-5-14-9)12-3-2-10(7-13)8-15-12;14-11(15)9-3-1-8(2-4-9)10-7-12-5-6-13-10;1-5-4-6(7(9)10)2-3-8-5;7-6-2-1-5(3-8)4-9-6;1-2;;/h2,4-8,10-16H,3,9H2,1H3;2-6,8H,7,13H2,1H3;1-7H,(H,14,15);2-4,9-10H,1H3;1-2,4H,3,8H2;1H3;2*1H4/i;;;;;1D;;. The second-order valence-electron chi connectivity index (χ2n) is 17.0. The molecule has 0 bridgehead atoms. The fourth-order valence-electron chi connectivity index (χ4n) is 7.03. The summed E-state index contributed by atoms with van der Waals surface area (Å²) in [5.74, 6) is -0.815. The number of hydrogen-bond donors (Lipinski definition) is 5. The molecule has 422 valence electrons. The number of aromatic carboxylic acids is 1. The zero-order valence-electron chi connectivity index (χ0n) is 45.1. The first kappa shape index (κ1) is 65.3. The quantitative estimate of drug-likeness (QED) is 0.0432. The average Bonchev–Trinajstić information content (AvgIpc) is 3.52. The topological polar surface area (TPSA) is 276 Å². The van der Waals surface area contributed by atoms with Crippen molar-refractivity contribution < 1.29 is 30.5 Å². The minimum atomic E-state index is -1.39. The summed E-state index contributed by atoms with van der Waals surface area (Å²) in [4.78, 5) is 64.5. The van der Waals surface area contributed by atoms with E-state index < -0.39 is 20.2 Å². The zero-order chi connectivity index (χ0) is 58.4. The largest absolute Gasteiger partial charge is 0.488 e. The summed E-state index contributed by atoms with van der Waals surface area (Å²) < 4.78 is 15.5. The van der Waals surface area contributed by atoms with Gasteiger partial charge < -0.3 is 26.6 Å². The van der Waals surface area contributed by atoms with Crippen LogP contribution in [0, 0.1) is 20.8 Å². The maximum absolute atomic E-state index is 12.5. The van der Waals surface area contributed by atoms with Gasteiger partial charge in [0, 0.05) is 126 Å². The number of nitrogens with two attached hydrogens (primary N) is 2. The van der Waals surface area contributed by atoms with Crippen LogP contribution in [-0.4, -0.2) is 91.0 Å². The summed E-state index contributed by atoms with van der Waals surface area (Å²) >= 11 is 5.52. The van der Waals surface area contributed by atoms with Crippen molar-refractivity contribution in [1.82, 2.24) is 49.8 Å². The number of nitrogens with zero attached hydrogens (tertiary/aromatic N) is 10. The van der Waals surface area contributed by atoms with E-state index in [4.69, 9.17) is 39.6 Å². The highest BCUT2D eigenvalue weighted by atomic mass is 35.5. The van der Waals surface area contributed by atoms with Crippen LogP contribution < -0.4 is 16.9 Å². The Hall–Kier alpha value is -9.24. The molecule has 0 atom stereocenters. The van der Waals surface area contributed by atoms with Crippen LogP contribution in [0.2, 0.25) is 5.15 Å². The highest BCUT2D eigenvalue weighted by molar-refractivity contribution is 6.58. The number of carboxylic acid groups (broad SMARTS) is 1. The van der Waals surface area contributed by atoms with Crippen LogP contribution in [0.4, 0.5) is 4.39 Å². The number of halogens is 2. The van der Waals surface area contributed by atoms with E-state index in [9.17, 15) is 14.0 Å². The first-order valence-corrected chi connectivity index (χ1v) is 25.0. The number of aryl methyl sites for hydroxylation is 4. The smallest absolute Gasteiger partial charge is 0.478 e. The van der Waals surface area contributed by atoms with Gasteiger partial charge in [-0.3, -0.25) is 54.0 Å². The van der Waals surface area contributed by atoms with Gasteiger partial charge in [0.2, 0.25) is 0 Å². The Balaban J connectivity index is 0.000000286. The van der Waals surface area contributed by atoms with E-state index in [1.54, 1.807) is 111 Å². The Bertz CT molecular complexity index is 3460. The lowest BCUT2D eigenvalue weighted by Gasteiger charge is -2.05. The molecule has 0 spiro atoms. The summed E-state index contributed by atoms with van der Waals surface area (Å²) in [6.07, 6.45) is 21.4. The number of carbonyl (C=O) groups excluding carboxylic acids is 1. The summed E-state index contributed by atoms with van der Waals surface area (Å²) in [7, 11) is -2.39. The monoisotopic (exact) mass is 1130 g/mol. The van der Waals surface area contributed by atoms with Crippen LogP contribution in [0.25, 0.3) is 45.0 Å². The number of alkyl halides is 1. The van der Waals surface area contributed by atoms with Gasteiger partial charge >= 0.3 is 13.1 Å². The van der Waals surface area contributed by atoms with Gasteiger partial charge in [-0.05, 0) is 116 Å². The summed E-state index contributed by atoms with van der Waals surface area (Å²) in [5, 5.41) is 26.6. The molecule has 2 aromatic carbocycles. The number of Topliss-reactive ketones (excluding diaryl/α,β-unsaturated/α-hetero) is 1. The highest BCUT2D eigenvalue weighted by Gasteiger charge is 2.11. The molecule has 0 aliphatic carbocycles. The number of pyridine rings is 6. The van der Waals surface area contributed by atoms with E-state index in [2.05, 4.69) is 49.8 Å². The number of aromatic nitrogens is 10. The maximum atomic E-state index is 12.5. The van der Waals surface area contributed by atoms with Crippen molar-refractivity contribution in [3.05, 3.63) is 246 Å². The Labute approximate surface area is 485 Å². The SMILES string of the molecule is C.C.Cc1cc(-c2ccc(CCC(=O)c3ccc(-c4cnccn4)cc3)cn2)ccn1.Cc1cc(-c2ccc(CN)cn2)ccn1.Cc1cc(B(O)O)ccn1.NCc1ccc(Cl)nc1.O=C(O)c1ccc(-c2cnccn2)cc1.[2H]CF. The fourth-order valence-corrected chi connectivity index (χ4v) is 7.14. The summed E-state index contributed by atoms with van der Waals surface area (Å²) in [6.45, 7) is 6.78. The number of carboxylic acids is 1. The maximum Gasteiger partial charge on any atom is 0.488 e. The van der Waals surface area contributed by atoms with Gasteiger partial charge in [-0.15, -0.1) is 0 Å². The van der Waals surface area contributed by atoms with Crippen molar-refractivity contribution in [3.63, 3.8) is 0 Å². The molecule has 0 aliphatic heterocycles. The van der Waals surface area contributed by atoms with E-state index >= 15 is 0 Å². The van der Waals surface area contributed by atoms with Gasteiger partial charge in [0.25, 0.3) is 0 Å². The number of ketones is 1. The second kappa shape index (κ2) is 36.1. The summed E-state index contributed by atoms with van der Waals surface area (Å²) in [6, 6.07) is 36.7. The lowest BCUT2D eigenvalue weighted by Crippen LogP contribution is -2.29. The Morgan fingerprint density at radius 1 is 0.512 bits per heavy atom. The van der Waals surface area contributed by atoms with Crippen molar-refractivity contribution in [1.29, 1.82) is 0 Å². The molecule has 8 heterocycles. The predicted octanol–water partition coefficient (Wildman–Crippen LogP) is 10.6. The van der Waals surface area contributed by atoms with Crippen LogP contribution in [0.1, 0.15) is 77.1 Å². The van der Waals surface area contributed by atoms with Crippen LogP contribution in [-0.2, 0) is 19.5 Å². The molecule has 10 rings (SSSR count). The van der Waals surface area contributed by atoms with Gasteiger partial charge in [0.15, 0.2) is 5.78 Å². The van der Waals surface area contributed by atoms with Gasteiger partial charge in [0.05, 0.1) is 49.3 Å². The molecule has 0 aliphatic rings. The molecule has 8 aromatic heterocycles. The fraction of sp³-hybridized carbons (Fsp3) is 0.161. The molecule has 0 unspecified atom stereocenters. The van der Waals surface area contributed by atoms with Crippen LogP contribution in [0.15, 0.2) is 196 Å². The van der Waals surface area contributed by atoms with Gasteiger partial charge in [-0.2, -0.15) is 0 Å². The van der Waals surface area contributed by atoms with E-state index in [1.807, 2.05) is 105 Å². The molecule has 20 heteroatoms. The molecular weight excluding hydrogens is 1060 g/mol. The van der Waals surface area contributed by atoms with Crippen LogP contribution in [0.5, 0.6) is 0 Å². The minimum absolute atomic E-state index is 0. The molecule has 0 saturated carbocycles. The molecule has 10 aromatic rings. The third kappa shape index (κ3) is 22.5. The van der Waals surface area contributed by atoms with Crippen molar-refractivity contribution in [2.24, 2.45) is 11.5 Å². The van der Waals surface area contributed by atoms with Gasteiger partial charge in [-0.25, -0.2) is 9.78 Å². The van der Waals surface area contributed by atoms with Crippen LogP contribution in [0.3, 0.4) is 0 Å². The third-order valence-corrected chi connectivity index (χ3v) is 11.4.